The Labute approximate surface area is 158 Å². The van der Waals surface area contributed by atoms with Gasteiger partial charge >= 0.3 is 0 Å². The minimum atomic E-state index is -0.247. The molecule has 0 saturated heterocycles. The molecule has 0 atom stereocenters. The van der Waals surface area contributed by atoms with Gasteiger partial charge in [-0.15, -0.1) is 0 Å². The molecule has 0 aliphatic heterocycles. The van der Waals surface area contributed by atoms with Crippen LogP contribution in [-0.4, -0.2) is 26.9 Å². The Hall–Kier alpha value is -3.47. The van der Waals surface area contributed by atoms with Crippen LogP contribution in [0, 0.1) is 6.92 Å². The molecule has 0 unspecified atom stereocenters. The molecule has 1 heterocycles. The first-order valence-corrected chi connectivity index (χ1v) is 8.63. The normalized spacial score (nSPS) is 12.3. The van der Waals surface area contributed by atoms with Gasteiger partial charge in [-0.25, -0.2) is 9.67 Å². The molecule has 3 aromatic rings. The van der Waals surface area contributed by atoms with Crippen LogP contribution in [0.4, 0.5) is 5.82 Å². The third-order valence-corrected chi connectivity index (χ3v) is 4.13. The lowest BCUT2D eigenvalue weighted by atomic mass is 10.1. The van der Waals surface area contributed by atoms with Crippen LogP contribution in [0.2, 0.25) is 0 Å². The van der Waals surface area contributed by atoms with Crippen LogP contribution in [-0.2, 0) is 4.79 Å². The number of benzene rings is 2. The Balaban J connectivity index is 2.10. The summed E-state index contributed by atoms with van der Waals surface area (Å²) in [5, 5.41) is 14.4. The lowest BCUT2D eigenvalue weighted by molar-refractivity contribution is -0.113. The maximum atomic E-state index is 11.7. The number of allylic oxidation sites excluding steroid dienone is 2. The van der Waals surface area contributed by atoms with E-state index in [9.17, 15) is 9.90 Å². The van der Waals surface area contributed by atoms with E-state index in [2.05, 4.69) is 10.1 Å². The predicted octanol–water partition coefficient (Wildman–Crippen LogP) is 4.97. The lowest BCUT2D eigenvalue weighted by Gasteiger charge is -2.04. The molecule has 0 spiro atoms. The minimum absolute atomic E-state index is 0.0595. The van der Waals surface area contributed by atoms with E-state index in [1.54, 1.807) is 4.68 Å². The molecule has 1 N–H and O–H groups in total. The highest BCUT2D eigenvalue weighted by molar-refractivity contribution is 6.12. The van der Waals surface area contributed by atoms with Crippen LogP contribution in [0.1, 0.15) is 19.4 Å². The van der Waals surface area contributed by atoms with Crippen LogP contribution in [0.25, 0.3) is 16.9 Å². The van der Waals surface area contributed by atoms with Gasteiger partial charge < -0.3 is 5.11 Å². The van der Waals surface area contributed by atoms with Gasteiger partial charge in [0.25, 0.3) is 0 Å². The fourth-order valence-electron chi connectivity index (χ4n) is 2.66. The summed E-state index contributed by atoms with van der Waals surface area (Å²) in [4.78, 5) is 16.1. The Kier molecular flexibility index (Phi) is 5.31. The van der Waals surface area contributed by atoms with E-state index in [1.165, 1.54) is 25.6 Å². The second-order valence-corrected chi connectivity index (χ2v) is 6.31. The number of aromatic nitrogens is 2. The molecule has 0 fully saturated rings. The molecule has 136 valence electrons. The second-order valence-electron chi connectivity index (χ2n) is 6.31. The van der Waals surface area contributed by atoms with Crippen molar-refractivity contribution in [3.63, 3.8) is 0 Å². The van der Waals surface area contributed by atoms with E-state index in [-0.39, 0.29) is 17.1 Å². The van der Waals surface area contributed by atoms with E-state index in [0.717, 1.165) is 16.9 Å². The van der Waals surface area contributed by atoms with E-state index >= 15 is 0 Å². The summed E-state index contributed by atoms with van der Waals surface area (Å²) >= 11 is 0. The Morgan fingerprint density at radius 2 is 1.74 bits per heavy atom. The summed E-state index contributed by atoms with van der Waals surface area (Å²) in [5.41, 5.74) is 3.96. The average molecular weight is 359 g/mol. The van der Waals surface area contributed by atoms with Gasteiger partial charge in [0.1, 0.15) is 5.76 Å². The van der Waals surface area contributed by atoms with Crippen LogP contribution in [0.15, 0.2) is 77.0 Å². The first-order valence-electron chi connectivity index (χ1n) is 8.63. The van der Waals surface area contributed by atoms with Crippen molar-refractivity contribution in [2.24, 2.45) is 4.99 Å². The zero-order valence-corrected chi connectivity index (χ0v) is 15.5. The molecule has 0 amide bonds. The van der Waals surface area contributed by atoms with Gasteiger partial charge in [0.05, 0.1) is 17.0 Å². The summed E-state index contributed by atoms with van der Waals surface area (Å²) in [5.74, 6) is 0.260. The number of para-hydroxylation sites is 1. The van der Waals surface area contributed by atoms with Crippen LogP contribution < -0.4 is 0 Å². The standard InChI is InChI=1S/C22H21N3O2/c1-15-9-11-18(12-10-15)21-13-22(23-14-20(16(2)26)17(3)27)25(24-21)19-7-5-4-6-8-19/h4-14,26H,1-3H3/b20-16+,23-14+. The molecular formula is C22H21N3O2. The fraction of sp³-hybridized carbons (Fsp3) is 0.136. The maximum Gasteiger partial charge on any atom is 0.164 e. The molecule has 2 aromatic carbocycles. The van der Waals surface area contributed by atoms with Gasteiger partial charge in [-0.2, -0.15) is 5.10 Å². The van der Waals surface area contributed by atoms with Crippen molar-refractivity contribution in [2.45, 2.75) is 20.8 Å². The number of carbonyl (C=O) groups excluding carboxylic acids is 1. The quantitative estimate of drug-likeness (QED) is 0.397. The van der Waals surface area contributed by atoms with Crippen molar-refractivity contribution in [3.05, 3.63) is 77.6 Å². The molecule has 1 aromatic heterocycles. The van der Waals surface area contributed by atoms with Gasteiger partial charge in [-0.05, 0) is 32.9 Å². The second kappa shape index (κ2) is 7.83. The Morgan fingerprint density at radius 1 is 1.07 bits per heavy atom. The van der Waals surface area contributed by atoms with Gasteiger partial charge in [-0.1, -0.05) is 48.0 Å². The number of ketones is 1. The highest BCUT2D eigenvalue weighted by Gasteiger charge is 2.12. The molecule has 0 saturated carbocycles. The van der Waals surface area contributed by atoms with Gasteiger partial charge in [-0.3, -0.25) is 4.79 Å². The summed E-state index contributed by atoms with van der Waals surface area (Å²) in [6.45, 7) is 4.90. The summed E-state index contributed by atoms with van der Waals surface area (Å²) in [6, 6.07) is 19.6. The third kappa shape index (κ3) is 4.20. The first-order chi connectivity index (χ1) is 13.0. The molecule has 27 heavy (non-hydrogen) atoms. The van der Waals surface area contributed by atoms with Crippen LogP contribution >= 0.6 is 0 Å². The van der Waals surface area contributed by atoms with Crippen molar-refractivity contribution < 1.29 is 9.90 Å². The van der Waals surface area contributed by atoms with E-state index in [0.29, 0.717) is 5.82 Å². The van der Waals surface area contributed by atoms with Crippen molar-refractivity contribution >= 4 is 17.8 Å². The number of aliphatic hydroxyl groups excluding tert-OH is 1. The molecule has 0 aliphatic carbocycles. The van der Waals surface area contributed by atoms with Crippen molar-refractivity contribution in [1.82, 2.24) is 9.78 Å². The Bertz CT molecular complexity index is 1010. The number of hydrogen-bond acceptors (Lipinski definition) is 4. The predicted molar refractivity (Wildman–Crippen MR) is 108 cm³/mol. The van der Waals surface area contributed by atoms with Crippen molar-refractivity contribution in [2.75, 3.05) is 0 Å². The highest BCUT2D eigenvalue weighted by Crippen LogP contribution is 2.27. The van der Waals surface area contributed by atoms with Crippen LogP contribution in [0.3, 0.4) is 0 Å². The largest absolute Gasteiger partial charge is 0.512 e. The SMILES string of the molecule is CC(=O)C(/C=N/c1cc(-c2ccc(C)cc2)nn1-c1ccccc1)=C(\C)O. The van der Waals surface area contributed by atoms with Crippen molar-refractivity contribution in [1.29, 1.82) is 0 Å². The number of aryl methyl sites for hydroxylation is 1. The third-order valence-electron chi connectivity index (χ3n) is 4.13. The van der Waals surface area contributed by atoms with Gasteiger partial charge in [0, 0.05) is 17.8 Å². The molecule has 3 rings (SSSR count). The number of aliphatic imine (C=N–C) groups is 1. The van der Waals surface area contributed by atoms with Crippen LogP contribution in [0.5, 0.6) is 0 Å². The smallest absolute Gasteiger partial charge is 0.164 e. The number of hydrogen-bond donors (Lipinski definition) is 1. The minimum Gasteiger partial charge on any atom is -0.512 e. The fourth-order valence-corrected chi connectivity index (χ4v) is 2.66. The van der Waals surface area contributed by atoms with E-state index in [1.807, 2.05) is 67.6 Å². The molecular weight excluding hydrogens is 338 g/mol. The maximum absolute atomic E-state index is 11.7. The number of carbonyl (C=O) groups is 1. The van der Waals surface area contributed by atoms with Crippen molar-refractivity contribution in [3.8, 4) is 16.9 Å². The average Bonchev–Trinajstić information content (AvgIpc) is 3.07. The summed E-state index contributed by atoms with van der Waals surface area (Å²) in [7, 11) is 0. The molecule has 0 radical (unpaired) electrons. The molecule has 0 bridgehead atoms. The van der Waals surface area contributed by atoms with Gasteiger partial charge in [0.2, 0.25) is 0 Å². The number of rotatable bonds is 5. The number of aliphatic hydroxyl groups is 1. The summed E-state index contributed by atoms with van der Waals surface area (Å²) < 4.78 is 1.72. The zero-order chi connectivity index (χ0) is 19.4. The van der Waals surface area contributed by atoms with E-state index in [4.69, 9.17) is 0 Å². The van der Waals surface area contributed by atoms with E-state index < -0.39 is 0 Å². The van der Waals surface area contributed by atoms with Gasteiger partial charge in [0.15, 0.2) is 11.6 Å². The lowest BCUT2D eigenvalue weighted by Crippen LogP contribution is -2.02. The zero-order valence-electron chi connectivity index (χ0n) is 15.5. The summed E-state index contributed by atoms with van der Waals surface area (Å²) in [6.07, 6.45) is 1.38. The molecule has 5 nitrogen and oxygen atoms in total. The molecule has 5 heteroatoms. The molecule has 0 aliphatic rings. The number of Topliss-reactive ketones (excluding diaryl/α,β-unsaturated/α-hetero) is 1. The Morgan fingerprint density at radius 3 is 2.33 bits per heavy atom. The monoisotopic (exact) mass is 359 g/mol. The number of nitrogens with zero attached hydrogens (tertiary/aromatic N) is 3. The topological polar surface area (TPSA) is 67.5 Å². The first kappa shape index (κ1) is 18.3. The highest BCUT2D eigenvalue weighted by atomic mass is 16.3.